The standard InChI is InChI=1S/C16H17F3N8/c1-10-23-11(16(17,18)19)7-12(24-10)26-3-5-27(6-4-26)15-13-14(20-8-21-15)22-9-25(13)2/h7-9H,3-6H2,1-2H3. The maximum absolute atomic E-state index is 13.0. The van der Waals surface area contributed by atoms with Crippen LogP contribution in [0.1, 0.15) is 11.5 Å². The van der Waals surface area contributed by atoms with Crippen LogP contribution in [-0.2, 0) is 13.2 Å². The Kier molecular flexibility index (Phi) is 4.08. The van der Waals surface area contributed by atoms with E-state index in [1.165, 1.54) is 13.3 Å². The van der Waals surface area contributed by atoms with Crippen molar-refractivity contribution >= 4 is 22.8 Å². The van der Waals surface area contributed by atoms with Gasteiger partial charge in [-0.15, -0.1) is 0 Å². The quantitative estimate of drug-likeness (QED) is 0.673. The molecule has 1 saturated heterocycles. The summed E-state index contributed by atoms with van der Waals surface area (Å²) in [6.45, 7) is 3.71. The van der Waals surface area contributed by atoms with Crippen molar-refractivity contribution in [3.63, 3.8) is 0 Å². The molecule has 27 heavy (non-hydrogen) atoms. The Morgan fingerprint density at radius 3 is 2.37 bits per heavy atom. The zero-order chi connectivity index (χ0) is 19.2. The zero-order valence-electron chi connectivity index (χ0n) is 14.8. The van der Waals surface area contributed by atoms with E-state index in [4.69, 9.17) is 0 Å². The van der Waals surface area contributed by atoms with Crippen LogP contribution < -0.4 is 9.80 Å². The summed E-state index contributed by atoms with van der Waals surface area (Å²) >= 11 is 0. The molecule has 142 valence electrons. The third-order valence-electron chi connectivity index (χ3n) is 4.51. The lowest BCUT2D eigenvalue weighted by Gasteiger charge is -2.36. The molecule has 0 bridgehead atoms. The number of anilines is 2. The van der Waals surface area contributed by atoms with Gasteiger partial charge in [-0.25, -0.2) is 24.9 Å². The van der Waals surface area contributed by atoms with Gasteiger partial charge in [-0.1, -0.05) is 0 Å². The molecule has 1 fully saturated rings. The molecule has 4 heterocycles. The van der Waals surface area contributed by atoms with Crippen LogP contribution >= 0.6 is 0 Å². The monoisotopic (exact) mass is 378 g/mol. The van der Waals surface area contributed by atoms with Gasteiger partial charge in [-0.05, 0) is 6.92 Å². The Balaban J connectivity index is 1.56. The molecular weight excluding hydrogens is 361 g/mol. The molecule has 11 heteroatoms. The zero-order valence-corrected chi connectivity index (χ0v) is 14.8. The van der Waals surface area contributed by atoms with Crippen LogP contribution in [0, 0.1) is 6.92 Å². The summed E-state index contributed by atoms with van der Waals surface area (Å²) in [7, 11) is 1.88. The van der Waals surface area contributed by atoms with Gasteiger partial charge in [0.05, 0.1) is 6.33 Å². The molecule has 3 aromatic heterocycles. The Morgan fingerprint density at radius 1 is 0.963 bits per heavy atom. The number of hydrogen-bond acceptors (Lipinski definition) is 7. The molecule has 0 aromatic carbocycles. The van der Waals surface area contributed by atoms with E-state index < -0.39 is 11.9 Å². The predicted molar refractivity (Wildman–Crippen MR) is 92.5 cm³/mol. The lowest BCUT2D eigenvalue weighted by molar-refractivity contribution is -0.141. The predicted octanol–water partition coefficient (Wildman–Crippen LogP) is 1.81. The maximum atomic E-state index is 13.0. The first-order valence-electron chi connectivity index (χ1n) is 8.38. The van der Waals surface area contributed by atoms with Gasteiger partial charge in [0, 0.05) is 39.3 Å². The summed E-state index contributed by atoms with van der Waals surface area (Å²) < 4.78 is 40.9. The topological polar surface area (TPSA) is 75.9 Å². The highest BCUT2D eigenvalue weighted by molar-refractivity contribution is 5.83. The number of aromatic nitrogens is 6. The van der Waals surface area contributed by atoms with E-state index in [-0.39, 0.29) is 5.82 Å². The highest BCUT2D eigenvalue weighted by Crippen LogP contribution is 2.30. The van der Waals surface area contributed by atoms with Gasteiger partial charge in [-0.3, -0.25) is 0 Å². The number of alkyl halides is 3. The first-order chi connectivity index (χ1) is 12.8. The number of imidazole rings is 1. The molecule has 3 aromatic rings. The Morgan fingerprint density at radius 2 is 1.67 bits per heavy atom. The van der Waals surface area contributed by atoms with E-state index >= 15 is 0 Å². The van der Waals surface area contributed by atoms with E-state index in [2.05, 4.69) is 29.8 Å². The molecule has 0 spiro atoms. The van der Waals surface area contributed by atoms with Crippen LogP contribution in [-0.4, -0.2) is 55.7 Å². The lowest BCUT2D eigenvalue weighted by Crippen LogP contribution is -2.47. The number of rotatable bonds is 2. The largest absolute Gasteiger partial charge is 0.433 e. The molecule has 0 N–H and O–H groups in total. The molecule has 0 unspecified atom stereocenters. The fourth-order valence-corrected chi connectivity index (χ4v) is 3.21. The summed E-state index contributed by atoms with van der Waals surface area (Å²) in [5, 5.41) is 0. The van der Waals surface area contributed by atoms with Gasteiger partial charge in [0.25, 0.3) is 0 Å². The lowest BCUT2D eigenvalue weighted by atomic mass is 10.2. The third-order valence-corrected chi connectivity index (χ3v) is 4.51. The summed E-state index contributed by atoms with van der Waals surface area (Å²) in [4.78, 5) is 24.4. The minimum Gasteiger partial charge on any atom is -0.353 e. The van der Waals surface area contributed by atoms with Gasteiger partial charge in [0.2, 0.25) is 0 Å². The van der Waals surface area contributed by atoms with Crippen LogP contribution in [0.25, 0.3) is 11.2 Å². The fourth-order valence-electron chi connectivity index (χ4n) is 3.21. The van der Waals surface area contributed by atoms with E-state index in [1.54, 1.807) is 6.33 Å². The van der Waals surface area contributed by atoms with Crippen LogP contribution in [0.2, 0.25) is 0 Å². The molecule has 1 aliphatic heterocycles. The normalized spacial score (nSPS) is 15.6. The van der Waals surface area contributed by atoms with Crippen molar-refractivity contribution in [1.29, 1.82) is 0 Å². The van der Waals surface area contributed by atoms with Crippen molar-refractivity contribution in [3.8, 4) is 0 Å². The second-order valence-corrected chi connectivity index (χ2v) is 6.36. The Labute approximate surface area is 152 Å². The van der Waals surface area contributed by atoms with Gasteiger partial charge in [-0.2, -0.15) is 13.2 Å². The summed E-state index contributed by atoms with van der Waals surface area (Å²) in [6.07, 6.45) is -1.34. The maximum Gasteiger partial charge on any atom is 0.433 e. The van der Waals surface area contributed by atoms with Crippen LogP contribution in [0.15, 0.2) is 18.7 Å². The smallest absolute Gasteiger partial charge is 0.353 e. The highest BCUT2D eigenvalue weighted by atomic mass is 19.4. The molecular formula is C16H17F3N8. The average molecular weight is 378 g/mol. The fraction of sp³-hybridized carbons (Fsp3) is 0.438. The number of halogens is 3. The first kappa shape index (κ1) is 17.4. The van der Waals surface area contributed by atoms with Crippen molar-refractivity contribution in [2.75, 3.05) is 36.0 Å². The summed E-state index contributed by atoms with van der Waals surface area (Å²) in [5.41, 5.74) is 0.536. The summed E-state index contributed by atoms with van der Waals surface area (Å²) in [6, 6.07) is 1.01. The molecule has 4 rings (SSSR count). The number of aryl methyl sites for hydroxylation is 2. The van der Waals surface area contributed by atoms with Gasteiger partial charge < -0.3 is 14.4 Å². The van der Waals surface area contributed by atoms with Crippen LogP contribution in [0.3, 0.4) is 0 Å². The van der Waals surface area contributed by atoms with Gasteiger partial charge in [0.15, 0.2) is 11.5 Å². The van der Waals surface area contributed by atoms with Crippen molar-refractivity contribution < 1.29 is 13.2 Å². The second kappa shape index (κ2) is 6.32. The van der Waals surface area contributed by atoms with Gasteiger partial charge in [0.1, 0.15) is 29.2 Å². The minimum atomic E-state index is -4.49. The van der Waals surface area contributed by atoms with E-state index in [9.17, 15) is 13.2 Å². The first-order valence-corrected chi connectivity index (χ1v) is 8.38. The van der Waals surface area contributed by atoms with E-state index in [0.29, 0.717) is 37.6 Å². The number of hydrogen-bond donors (Lipinski definition) is 0. The number of nitrogens with zero attached hydrogens (tertiary/aromatic N) is 8. The summed E-state index contributed by atoms with van der Waals surface area (Å²) in [5.74, 6) is 1.17. The van der Waals surface area contributed by atoms with Gasteiger partial charge >= 0.3 is 6.18 Å². The molecule has 0 atom stereocenters. The minimum absolute atomic E-state index is 0.106. The van der Waals surface area contributed by atoms with Crippen LogP contribution in [0.5, 0.6) is 0 Å². The SMILES string of the molecule is Cc1nc(N2CCN(c3ncnc4ncn(C)c34)CC2)cc(C(F)(F)F)n1. The highest BCUT2D eigenvalue weighted by Gasteiger charge is 2.34. The van der Waals surface area contributed by atoms with Crippen molar-refractivity contribution in [1.82, 2.24) is 29.5 Å². The third kappa shape index (κ3) is 3.24. The average Bonchev–Trinajstić information content (AvgIpc) is 3.02. The second-order valence-electron chi connectivity index (χ2n) is 6.36. The van der Waals surface area contributed by atoms with Crippen molar-refractivity contribution in [2.45, 2.75) is 13.1 Å². The Hall–Kier alpha value is -2.98. The molecule has 0 aliphatic carbocycles. The molecule has 0 saturated carbocycles. The molecule has 0 amide bonds. The Bertz CT molecular complexity index is 975. The van der Waals surface area contributed by atoms with E-state index in [0.717, 1.165) is 17.4 Å². The number of fused-ring (bicyclic) bond motifs is 1. The van der Waals surface area contributed by atoms with Crippen molar-refractivity contribution in [3.05, 3.63) is 30.2 Å². The molecule has 8 nitrogen and oxygen atoms in total. The van der Waals surface area contributed by atoms with E-state index in [1.807, 2.05) is 16.5 Å². The molecule has 1 aliphatic rings. The van der Waals surface area contributed by atoms with Crippen LogP contribution in [0.4, 0.5) is 24.8 Å². The molecule has 0 radical (unpaired) electrons. The number of piperazine rings is 1. The van der Waals surface area contributed by atoms with Crippen molar-refractivity contribution in [2.24, 2.45) is 7.05 Å².